The van der Waals surface area contributed by atoms with Crippen LogP contribution >= 0.6 is 11.6 Å². The summed E-state index contributed by atoms with van der Waals surface area (Å²) < 4.78 is 4.59. The van der Waals surface area contributed by atoms with Gasteiger partial charge in [0.2, 0.25) is 18.1 Å². The summed E-state index contributed by atoms with van der Waals surface area (Å²) >= 11 is 5.99. The molecule has 29 heavy (non-hydrogen) atoms. The minimum absolute atomic E-state index is 0.133. The van der Waals surface area contributed by atoms with Gasteiger partial charge in [-0.25, -0.2) is 0 Å². The SMILES string of the molecule is Nc1ccc(C(=O)NCC(=O)N2CCC[C@H]2C(=O)N[C@H]2CC(=O)O[C@H]2O)c(Cl)c1. The summed E-state index contributed by atoms with van der Waals surface area (Å²) in [5.41, 5.74) is 6.19. The van der Waals surface area contributed by atoms with Crippen LogP contribution in [0.1, 0.15) is 29.6 Å². The maximum atomic E-state index is 12.5. The quantitative estimate of drug-likeness (QED) is 0.363. The Balaban J connectivity index is 1.56. The number of hydrogen-bond acceptors (Lipinski definition) is 7. The summed E-state index contributed by atoms with van der Waals surface area (Å²) in [6.07, 6.45) is -0.482. The van der Waals surface area contributed by atoms with Crippen molar-refractivity contribution < 1.29 is 29.0 Å². The lowest BCUT2D eigenvalue weighted by Crippen LogP contribution is -2.52. The number of anilines is 1. The lowest BCUT2D eigenvalue weighted by Gasteiger charge is -2.25. The fourth-order valence-corrected chi connectivity index (χ4v) is 3.63. The third-order valence-corrected chi connectivity index (χ3v) is 5.14. The first-order chi connectivity index (χ1) is 13.8. The number of carbonyl (C=O) groups excluding carboxylic acids is 4. The van der Waals surface area contributed by atoms with Crippen molar-refractivity contribution in [2.24, 2.45) is 0 Å². The van der Waals surface area contributed by atoms with E-state index in [4.69, 9.17) is 17.3 Å². The Bertz CT molecular complexity index is 848. The molecule has 3 amide bonds. The van der Waals surface area contributed by atoms with E-state index in [-0.39, 0.29) is 23.6 Å². The summed E-state index contributed by atoms with van der Waals surface area (Å²) in [5, 5.41) is 14.8. The molecule has 3 atom stereocenters. The molecule has 0 unspecified atom stereocenters. The number of nitrogens with zero attached hydrogens (tertiary/aromatic N) is 1. The van der Waals surface area contributed by atoms with Crippen LogP contribution < -0.4 is 16.4 Å². The van der Waals surface area contributed by atoms with Gasteiger partial charge in [0.1, 0.15) is 12.1 Å². The molecule has 0 aromatic heterocycles. The first kappa shape index (κ1) is 20.9. The van der Waals surface area contributed by atoms with Crippen molar-refractivity contribution in [3.8, 4) is 0 Å². The molecule has 1 aromatic rings. The van der Waals surface area contributed by atoms with E-state index in [0.717, 1.165) is 0 Å². The Hall–Kier alpha value is -2.85. The van der Waals surface area contributed by atoms with Gasteiger partial charge in [0.15, 0.2) is 0 Å². The number of nitrogens with two attached hydrogens (primary N) is 1. The maximum Gasteiger partial charge on any atom is 0.310 e. The molecule has 10 nitrogen and oxygen atoms in total. The van der Waals surface area contributed by atoms with Crippen molar-refractivity contribution in [2.45, 2.75) is 37.6 Å². The van der Waals surface area contributed by atoms with E-state index in [1.165, 1.54) is 23.1 Å². The highest BCUT2D eigenvalue weighted by Crippen LogP contribution is 2.21. The Labute approximate surface area is 171 Å². The Morgan fingerprint density at radius 3 is 2.76 bits per heavy atom. The standard InChI is InChI=1S/C18H21ClN4O6/c19-11-6-9(20)3-4-10(11)16(26)21-8-14(24)23-5-1-2-13(23)17(27)22-12-7-15(25)29-18(12)28/h3-4,6,12-13,18,28H,1-2,5,7-8,20H2,(H,21,26)(H,22,27)/t12-,13-,18+/m0/s1. The second kappa shape index (κ2) is 8.66. The molecular weight excluding hydrogens is 404 g/mol. The lowest BCUT2D eigenvalue weighted by atomic mass is 10.1. The van der Waals surface area contributed by atoms with Crippen LogP contribution in [0.3, 0.4) is 0 Å². The highest BCUT2D eigenvalue weighted by Gasteiger charge is 2.39. The monoisotopic (exact) mass is 424 g/mol. The number of nitrogen functional groups attached to an aromatic ring is 1. The normalized spacial score (nSPS) is 23.6. The van der Waals surface area contributed by atoms with E-state index in [1.54, 1.807) is 0 Å². The smallest absolute Gasteiger partial charge is 0.310 e. The van der Waals surface area contributed by atoms with Gasteiger partial charge in [-0.1, -0.05) is 11.6 Å². The minimum Gasteiger partial charge on any atom is -0.434 e. The molecule has 11 heteroatoms. The minimum atomic E-state index is -1.40. The molecular formula is C18H21ClN4O6. The zero-order chi connectivity index (χ0) is 21.1. The highest BCUT2D eigenvalue weighted by atomic mass is 35.5. The van der Waals surface area contributed by atoms with Gasteiger partial charge in [-0.3, -0.25) is 19.2 Å². The van der Waals surface area contributed by atoms with Crippen LogP contribution in [0.5, 0.6) is 0 Å². The molecule has 3 rings (SSSR count). The van der Waals surface area contributed by atoms with Crippen molar-refractivity contribution in [2.75, 3.05) is 18.8 Å². The maximum absolute atomic E-state index is 12.5. The molecule has 2 heterocycles. The Morgan fingerprint density at radius 1 is 1.34 bits per heavy atom. The molecule has 2 aliphatic rings. The average molecular weight is 425 g/mol. The topological polar surface area (TPSA) is 151 Å². The number of nitrogens with one attached hydrogen (secondary N) is 2. The second-order valence-corrected chi connectivity index (χ2v) is 7.27. The summed E-state index contributed by atoms with van der Waals surface area (Å²) in [6, 6.07) is 2.82. The Morgan fingerprint density at radius 2 is 2.10 bits per heavy atom. The first-order valence-corrected chi connectivity index (χ1v) is 9.44. The van der Waals surface area contributed by atoms with Crippen LogP contribution in [0, 0.1) is 0 Å². The van der Waals surface area contributed by atoms with Gasteiger partial charge < -0.3 is 31.1 Å². The van der Waals surface area contributed by atoms with Crippen LogP contribution in [0.25, 0.3) is 0 Å². The van der Waals surface area contributed by atoms with E-state index in [0.29, 0.717) is 25.1 Å². The summed E-state index contributed by atoms with van der Waals surface area (Å²) in [7, 11) is 0. The molecule has 0 saturated carbocycles. The van der Waals surface area contributed by atoms with Gasteiger partial charge in [0.05, 0.1) is 23.6 Å². The number of carbonyl (C=O) groups is 4. The van der Waals surface area contributed by atoms with Gasteiger partial charge in [0.25, 0.3) is 5.91 Å². The average Bonchev–Trinajstić information content (AvgIpc) is 3.26. The molecule has 1 aromatic carbocycles. The highest BCUT2D eigenvalue weighted by molar-refractivity contribution is 6.34. The van der Waals surface area contributed by atoms with Crippen LogP contribution in [-0.2, 0) is 19.1 Å². The molecule has 2 fully saturated rings. The summed E-state index contributed by atoms with van der Waals surface area (Å²) in [4.78, 5) is 49.9. The van der Waals surface area contributed by atoms with Crippen LogP contribution in [-0.4, -0.2) is 65.2 Å². The zero-order valence-electron chi connectivity index (χ0n) is 15.4. The van der Waals surface area contributed by atoms with E-state index >= 15 is 0 Å². The van der Waals surface area contributed by atoms with Gasteiger partial charge in [0, 0.05) is 12.2 Å². The number of ether oxygens (including phenoxy) is 1. The summed E-state index contributed by atoms with van der Waals surface area (Å²) in [6.45, 7) is 0.0506. The number of amides is 3. The van der Waals surface area contributed by atoms with Crippen molar-refractivity contribution in [3.63, 3.8) is 0 Å². The summed E-state index contributed by atoms with van der Waals surface area (Å²) in [5.74, 6) is -2.05. The third kappa shape index (κ3) is 4.77. The van der Waals surface area contributed by atoms with Crippen LogP contribution in [0.4, 0.5) is 5.69 Å². The van der Waals surface area contributed by atoms with E-state index in [9.17, 15) is 24.3 Å². The molecule has 0 radical (unpaired) electrons. The number of likely N-dealkylation sites (tertiary alicyclic amines) is 1. The second-order valence-electron chi connectivity index (χ2n) is 6.87. The van der Waals surface area contributed by atoms with Crippen LogP contribution in [0.15, 0.2) is 18.2 Å². The molecule has 5 N–H and O–H groups in total. The number of halogens is 1. The lowest BCUT2D eigenvalue weighted by molar-refractivity contribution is -0.155. The molecule has 0 bridgehead atoms. The number of aliphatic hydroxyl groups is 1. The van der Waals surface area contributed by atoms with E-state index in [2.05, 4.69) is 15.4 Å². The number of hydrogen-bond donors (Lipinski definition) is 4. The van der Waals surface area contributed by atoms with Crippen molar-refractivity contribution in [1.29, 1.82) is 0 Å². The molecule has 0 aliphatic carbocycles. The Kier molecular flexibility index (Phi) is 6.23. The number of aliphatic hydroxyl groups excluding tert-OH is 1. The van der Waals surface area contributed by atoms with Gasteiger partial charge in [-0.2, -0.15) is 0 Å². The fraction of sp³-hybridized carbons (Fsp3) is 0.444. The molecule has 2 aliphatic heterocycles. The number of esters is 1. The van der Waals surface area contributed by atoms with Crippen molar-refractivity contribution in [1.82, 2.24) is 15.5 Å². The molecule has 2 saturated heterocycles. The molecule has 0 spiro atoms. The predicted octanol–water partition coefficient (Wildman–Crippen LogP) is -0.607. The largest absolute Gasteiger partial charge is 0.434 e. The van der Waals surface area contributed by atoms with Gasteiger partial charge >= 0.3 is 5.97 Å². The third-order valence-electron chi connectivity index (χ3n) is 4.82. The van der Waals surface area contributed by atoms with Crippen molar-refractivity contribution >= 4 is 41.0 Å². The van der Waals surface area contributed by atoms with E-state index in [1.807, 2.05) is 0 Å². The van der Waals surface area contributed by atoms with Gasteiger partial charge in [-0.15, -0.1) is 0 Å². The molecule has 156 valence electrons. The van der Waals surface area contributed by atoms with Gasteiger partial charge in [-0.05, 0) is 31.0 Å². The zero-order valence-corrected chi connectivity index (χ0v) is 16.1. The number of cyclic esters (lactones) is 1. The number of benzene rings is 1. The van der Waals surface area contributed by atoms with E-state index < -0.39 is 42.1 Å². The first-order valence-electron chi connectivity index (χ1n) is 9.07. The van der Waals surface area contributed by atoms with Crippen molar-refractivity contribution in [3.05, 3.63) is 28.8 Å². The fourth-order valence-electron chi connectivity index (χ4n) is 3.35. The number of rotatable bonds is 5. The predicted molar refractivity (Wildman–Crippen MR) is 102 cm³/mol. The van der Waals surface area contributed by atoms with Crippen LogP contribution in [0.2, 0.25) is 5.02 Å².